The zero-order chi connectivity index (χ0) is 18.4. The molecule has 1 aromatic carbocycles. The van der Waals surface area contributed by atoms with Crippen molar-refractivity contribution in [1.29, 1.82) is 0 Å². The van der Waals surface area contributed by atoms with Gasteiger partial charge >= 0.3 is 0 Å². The van der Waals surface area contributed by atoms with Crippen LogP contribution in [0.15, 0.2) is 29.3 Å². The number of nitrogens with zero attached hydrogens (tertiary/aromatic N) is 3. The van der Waals surface area contributed by atoms with Gasteiger partial charge in [0.15, 0.2) is 5.96 Å². The fourth-order valence-electron chi connectivity index (χ4n) is 4.13. The van der Waals surface area contributed by atoms with Crippen LogP contribution in [0.4, 0.5) is 5.69 Å². The Hall–Kier alpha value is -1.02. The number of likely N-dealkylation sites (tertiary alicyclic amines) is 1. The molecule has 2 heterocycles. The highest BCUT2D eigenvalue weighted by Crippen LogP contribution is 2.24. The van der Waals surface area contributed by atoms with E-state index < -0.39 is 0 Å². The number of aliphatic imine (C=N–C) groups is 1. The monoisotopic (exact) mass is 485 g/mol. The van der Waals surface area contributed by atoms with Crippen molar-refractivity contribution in [1.82, 2.24) is 15.5 Å². The molecular weight excluding hydrogens is 449 g/mol. The first kappa shape index (κ1) is 22.3. The molecule has 2 aliphatic heterocycles. The highest BCUT2D eigenvalue weighted by molar-refractivity contribution is 14.0. The van der Waals surface area contributed by atoms with Crippen molar-refractivity contribution in [3.05, 3.63) is 29.8 Å². The number of rotatable bonds is 5. The van der Waals surface area contributed by atoms with Crippen LogP contribution >= 0.6 is 24.0 Å². The van der Waals surface area contributed by atoms with E-state index in [2.05, 4.69) is 63.7 Å². The Kier molecular flexibility index (Phi) is 9.15. The molecule has 27 heavy (non-hydrogen) atoms. The molecule has 0 amide bonds. The molecule has 0 spiro atoms. The van der Waals surface area contributed by atoms with Gasteiger partial charge in [-0.25, -0.2) is 0 Å². The maximum Gasteiger partial charge on any atom is 0.191 e. The fraction of sp³-hybridized carbons (Fsp3) is 0.667. The third kappa shape index (κ3) is 6.52. The average Bonchev–Trinajstić information content (AvgIpc) is 3.20. The van der Waals surface area contributed by atoms with Crippen molar-refractivity contribution in [2.75, 3.05) is 51.7 Å². The third-order valence-electron chi connectivity index (χ3n) is 5.70. The molecule has 5 nitrogen and oxygen atoms in total. The van der Waals surface area contributed by atoms with Crippen LogP contribution in [0.1, 0.15) is 44.2 Å². The van der Waals surface area contributed by atoms with Gasteiger partial charge in [0.2, 0.25) is 0 Å². The second-order valence-electron chi connectivity index (χ2n) is 7.88. The highest BCUT2D eigenvalue weighted by Gasteiger charge is 2.18. The van der Waals surface area contributed by atoms with Crippen LogP contribution in [0.2, 0.25) is 0 Å². The quantitative estimate of drug-likeness (QED) is 0.381. The average molecular weight is 485 g/mol. The maximum atomic E-state index is 4.43. The zero-order valence-electron chi connectivity index (χ0n) is 17.1. The predicted octanol–water partition coefficient (Wildman–Crippen LogP) is 3.47. The summed E-state index contributed by atoms with van der Waals surface area (Å²) >= 11 is 0. The summed E-state index contributed by atoms with van der Waals surface area (Å²) in [4.78, 5) is 9.35. The number of benzene rings is 1. The van der Waals surface area contributed by atoms with Crippen molar-refractivity contribution in [3.63, 3.8) is 0 Å². The van der Waals surface area contributed by atoms with E-state index in [0.717, 1.165) is 12.5 Å². The first-order valence-corrected chi connectivity index (χ1v) is 10.2. The number of nitrogens with one attached hydrogen (secondary N) is 2. The van der Waals surface area contributed by atoms with Crippen molar-refractivity contribution in [2.45, 2.75) is 38.6 Å². The van der Waals surface area contributed by atoms with Crippen LogP contribution in [0, 0.1) is 5.92 Å². The Bertz CT molecular complexity index is 600. The van der Waals surface area contributed by atoms with Gasteiger partial charge in [0, 0.05) is 38.9 Å². The molecule has 2 saturated heterocycles. The predicted molar refractivity (Wildman–Crippen MR) is 126 cm³/mol. The molecule has 0 radical (unpaired) electrons. The lowest BCUT2D eigenvalue weighted by Crippen LogP contribution is -2.44. The number of guanidine groups is 1. The maximum absolute atomic E-state index is 4.43. The van der Waals surface area contributed by atoms with Gasteiger partial charge in [0.25, 0.3) is 0 Å². The zero-order valence-corrected chi connectivity index (χ0v) is 19.4. The van der Waals surface area contributed by atoms with Gasteiger partial charge in [0.05, 0.1) is 6.04 Å². The lowest BCUT2D eigenvalue weighted by molar-refractivity contribution is 0.210. The van der Waals surface area contributed by atoms with Crippen LogP contribution in [0.5, 0.6) is 0 Å². The van der Waals surface area contributed by atoms with E-state index in [1.165, 1.54) is 63.1 Å². The summed E-state index contributed by atoms with van der Waals surface area (Å²) in [5.74, 6) is 1.61. The number of anilines is 1. The smallest absolute Gasteiger partial charge is 0.191 e. The van der Waals surface area contributed by atoms with Gasteiger partial charge in [-0.3, -0.25) is 4.99 Å². The third-order valence-corrected chi connectivity index (χ3v) is 5.70. The van der Waals surface area contributed by atoms with E-state index in [0.29, 0.717) is 5.92 Å². The van der Waals surface area contributed by atoms with Crippen molar-refractivity contribution < 1.29 is 0 Å². The van der Waals surface area contributed by atoms with Crippen LogP contribution < -0.4 is 15.5 Å². The normalized spacial score (nSPS) is 22.3. The van der Waals surface area contributed by atoms with E-state index in [1.807, 2.05) is 7.05 Å². The molecule has 0 saturated carbocycles. The minimum Gasteiger partial charge on any atom is -0.372 e. The molecule has 0 aromatic heterocycles. The summed E-state index contributed by atoms with van der Waals surface area (Å²) in [7, 11) is 4.07. The Morgan fingerprint density at radius 1 is 1.22 bits per heavy atom. The molecule has 3 rings (SSSR count). The van der Waals surface area contributed by atoms with Gasteiger partial charge in [-0.15, -0.1) is 24.0 Å². The summed E-state index contributed by atoms with van der Waals surface area (Å²) in [5.41, 5.74) is 2.66. The minimum absolute atomic E-state index is 0. The Labute approximate surface area is 182 Å². The van der Waals surface area contributed by atoms with E-state index in [1.54, 1.807) is 0 Å². The van der Waals surface area contributed by atoms with Crippen LogP contribution in [0.3, 0.4) is 0 Å². The molecule has 6 heteroatoms. The SMILES string of the molecule is CN=C(NCC1CCCN(C)C1)NC(C)c1cccc(N2CCCC2)c1.I. The van der Waals surface area contributed by atoms with Crippen molar-refractivity contribution >= 4 is 35.6 Å². The van der Waals surface area contributed by atoms with E-state index in [4.69, 9.17) is 0 Å². The first-order valence-electron chi connectivity index (χ1n) is 10.2. The second-order valence-corrected chi connectivity index (χ2v) is 7.88. The van der Waals surface area contributed by atoms with Crippen molar-refractivity contribution in [2.24, 2.45) is 10.9 Å². The summed E-state index contributed by atoms with van der Waals surface area (Å²) in [6, 6.07) is 9.17. The standard InChI is InChI=1S/C21H35N5.HI/c1-17(19-9-6-10-20(14-19)26-12-4-5-13-26)24-21(22-2)23-15-18-8-7-11-25(3)16-18;/h6,9-10,14,17-18H,4-5,7-8,11-13,15-16H2,1-3H3,(H2,22,23,24);1H. The number of hydrogen-bond donors (Lipinski definition) is 2. The second kappa shape index (κ2) is 11.1. The summed E-state index contributed by atoms with van der Waals surface area (Å²) in [6.45, 7) is 7.98. The fourth-order valence-corrected chi connectivity index (χ4v) is 4.13. The number of halogens is 1. The first-order chi connectivity index (χ1) is 12.7. The summed E-state index contributed by atoms with van der Waals surface area (Å²) in [5, 5.41) is 7.09. The van der Waals surface area contributed by atoms with Gasteiger partial charge in [-0.1, -0.05) is 12.1 Å². The molecule has 0 bridgehead atoms. The number of piperidine rings is 1. The van der Waals surface area contributed by atoms with Crippen molar-refractivity contribution in [3.8, 4) is 0 Å². The van der Waals surface area contributed by atoms with E-state index in [9.17, 15) is 0 Å². The van der Waals surface area contributed by atoms with Gasteiger partial charge < -0.3 is 20.4 Å². The molecule has 2 unspecified atom stereocenters. The molecule has 152 valence electrons. The van der Waals surface area contributed by atoms with Gasteiger partial charge in [-0.05, 0) is 69.8 Å². The van der Waals surface area contributed by atoms with E-state index in [-0.39, 0.29) is 30.0 Å². The highest BCUT2D eigenvalue weighted by atomic mass is 127. The summed E-state index contributed by atoms with van der Waals surface area (Å²) in [6.07, 6.45) is 5.23. The van der Waals surface area contributed by atoms with Gasteiger partial charge in [0.1, 0.15) is 0 Å². The molecular formula is C21H36IN5. The molecule has 1 aromatic rings. The molecule has 2 fully saturated rings. The molecule has 0 aliphatic carbocycles. The Balaban J connectivity index is 0.00000261. The van der Waals surface area contributed by atoms with Crippen LogP contribution in [-0.4, -0.2) is 57.7 Å². The lowest BCUT2D eigenvalue weighted by Gasteiger charge is -2.30. The number of hydrogen-bond acceptors (Lipinski definition) is 3. The summed E-state index contributed by atoms with van der Waals surface area (Å²) < 4.78 is 0. The molecule has 2 aliphatic rings. The Morgan fingerprint density at radius 2 is 2.00 bits per heavy atom. The van der Waals surface area contributed by atoms with E-state index >= 15 is 0 Å². The Morgan fingerprint density at radius 3 is 2.70 bits per heavy atom. The molecule has 2 N–H and O–H groups in total. The topological polar surface area (TPSA) is 42.9 Å². The lowest BCUT2D eigenvalue weighted by atomic mass is 9.98. The van der Waals surface area contributed by atoms with Crippen LogP contribution in [-0.2, 0) is 0 Å². The molecule has 2 atom stereocenters. The van der Waals surface area contributed by atoms with Crippen LogP contribution in [0.25, 0.3) is 0 Å². The largest absolute Gasteiger partial charge is 0.372 e. The minimum atomic E-state index is 0. The van der Waals surface area contributed by atoms with Gasteiger partial charge in [-0.2, -0.15) is 0 Å².